The number of benzene rings is 2. The van der Waals surface area contributed by atoms with Crippen LogP contribution in [0.25, 0.3) is 22.6 Å². The molecular formula is C21H26NO5P. The second kappa shape index (κ2) is 9.35. The monoisotopic (exact) mass is 403 g/mol. The van der Waals surface area contributed by atoms with Crippen LogP contribution in [0.4, 0.5) is 0 Å². The van der Waals surface area contributed by atoms with Crippen molar-refractivity contribution < 1.29 is 18.0 Å². The topological polar surface area (TPSA) is 78.6 Å². The Morgan fingerprint density at radius 1 is 1.04 bits per heavy atom. The maximum Gasteiger partial charge on any atom is 0.379 e. The fraction of sp³-hybridized carbons (Fsp3) is 0.429. The molecule has 0 radical (unpaired) electrons. The third-order valence-corrected chi connectivity index (χ3v) is 6.43. The first-order valence-corrected chi connectivity index (χ1v) is 11.5. The maximum atomic E-state index is 13.1. The van der Waals surface area contributed by atoms with Gasteiger partial charge in [-0.15, -0.1) is 0 Å². The van der Waals surface area contributed by atoms with Crippen LogP contribution in [-0.2, 0) is 9.09 Å². The molecule has 1 atom stereocenters. The standard InChI is InChI=1S/C21H26NO5P/c1-3-5-6-7-8-13-28(24,25-4-2)27-17-10-12-19-21(15-17)26-20-14-16(23)9-11-18(20)22-19/h9-12,14-15H,3-8,13H2,1-2H3. The SMILES string of the molecule is CCCCCCCP(=O)(OCC)Oc1ccc2nc3ccc(=O)cc-3oc2c1. The van der Waals surface area contributed by atoms with Crippen molar-refractivity contribution in [1.82, 2.24) is 4.98 Å². The minimum absolute atomic E-state index is 0.145. The number of hydrogen-bond donors (Lipinski definition) is 0. The molecule has 0 aromatic heterocycles. The predicted molar refractivity (Wildman–Crippen MR) is 110 cm³/mol. The van der Waals surface area contributed by atoms with Gasteiger partial charge in [-0.25, -0.2) is 9.55 Å². The third kappa shape index (κ3) is 5.21. The van der Waals surface area contributed by atoms with E-state index in [1.807, 2.05) is 0 Å². The molecule has 150 valence electrons. The van der Waals surface area contributed by atoms with Gasteiger partial charge in [-0.3, -0.25) is 4.79 Å². The van der Waals surface area contributed by atoms with Gasteiger partial charge in [0.2, 0.25) is 0 Å². The summed E-state index contributed by atoms with van der Waals surface area (Å²) in [6.07, 6.45) is 5.66. The molecule has 1 aromatic rings. The summed E-state index contributed by atoms with van der Waals surface area (Å²) in [4.78, 5) is 16.0. The Labute approximate surface area is 164 Å². The molecule has 0 N–H and O–H groups in total. The molecule has 0 spiro atoms. The van der Waals surface area contributed by atoms with Gasteiger partial charge in [-0.1, -0.05) is 32.6 Å². The molecule has 28 heavy (non-hydrogen) atoms. The molecule has 0 saturated carbocycles. The molecular weight excluding hydrogens is 377 g/mol. The Hall–Kier alpha value is -2.17. The summed E-state index contributed by atoms with van der Waals surface area (Å²) in [5.74, 6) is 0.807. The summed E-state index contributed by atoms with van der Waals surface area (Å²) in [6.45, 7) is 4.29. The van der Waals surface area contributed by atoms with Gasteiger partial charge in [0.1, 0.15) is 17.0 Å². The zero-order valence-electron chi connectivity index (χ0n) is 16.3. The molecule has 2 aliphatic rings. The second-order valence-corrected chi connectivity index (χ2v) is 8.84. The highest BCUT2D eigenvalue weighted by atomic mass is 31.2. The number of unbranched alkanes of at least 4 members (excludes halogenated alkanes) is 4. The van der Waals surface area contributed by atoms with Crippen molar-refractivity contribution in [3.8, 4) is 17.2 Å². The van der Waals surface area contributed by atoms with Crippen LogP contribution in [0.3, 0.4) is 0 Å². The largest absolute Gasteiger partial charge is 0.453 e. The molecule has 7 heteroatoms. The average molecular weight is 403 g/mol. The van der Waals surface area contributed by atoms with Crippen LogP contribution >= 0.6 is 7.60 Å². The van der Waals surface area contributed by atoms with E-state index in [4.69, 9.17) is 13.5 Å². The summed E-state index contributed by atoms with van der Waals surface area (Å²) >= 11 is 0. The lowest BCUT2D eigenvalue weighted by Gasteiger charge is -2.19. The zero-order valence-corrected chi connectivity index (χ0v) is 17.2. The lowest BCUT2D eigenvalue weighted by Crippen LogP contribution is -2.03. The molecule has 1 aliphatic heterocycles. The molecule has 0 amide bonds. The number of fused-ring (bicyclic) bond motifs is 2. The fourth-order valence-corrected chi connectivity index (χ4v) is 4.76. The van der Waals surface area contributed by atoms with Gasteiger partial charge in [0.05, 0.1) is 12.8 Å². The molecule has 0 bridgehead atoms. The predicted octanol–water partition coefficient (Wildman–Crippen LogP) is 5.87. The molecule has 1 heterocycles. The number of aromatic nitrogens is 1. The van der Waals surface area contributed by atoms with Crippen LogP contribution in [-0.4, -0.2) is 17.8 Å². The van der Waals surface area contributed by atoms with E-state index in [-0.39, 0.29) is 5.43 Å². The van der Waals surface area contributed by atoms with Gasteiger partial charge < -0.3 is 13.5 Å². The summed E-state index contributed by atoms with van der Waals surface area (Å²) in [5.41, 5.74) is 1.55. The van der Waals surface area contributed by atoms with Crippen molar-refractivity contribution in [3.05, 3.63) is 46.6 Å². The number of nitrogens with zero attached hydrogens (tertiary/aromatic N) is 1. The smallest absolute Gasteiger partial charge is 0.379 e. The highest BCUT2D eigenvalue weighted by molar-refractivity contribution is 7.54. The highest BCUT2D eigenvalue weighted by Gasteiger charge is 2.25. The first kappa shape index (κ1) is 20.6. The Morgan fingerprint density at radius 2 is 1.86 bits per heavy atom. The quantitative estimate of drug-likeness (QED) is 0.239. The van der Waals surface area contributed by atoms with Gasteiger partial charge in [-0.2, -0.15) is 0 Å². The summed E-state index contributed by atoms with van der Waals surface area (Å²) in [5, 5.41) is 0. The molecule has 1 aromatic carbocycles. The van der Waals surface area contributed by atoms with Crippen LogP contribution < -0.4 is 9.95 Å². The van der Waals surface area contributed by atoms with E-state index in [1.54, 1.807) is 31.2 Å². The maximum absolute atomic E-state index is 13.1. The van der Waals surface area contributed by atoms with E-state index >= 15 is 0 Å². The van der Waals surface area contributed by atoms with Crippen molar-refractivity contribution in [2.24, 2.45) is 0 Å². The van der Waals surface area contributed by atoms with Gasteiger partial charge in [0.15, 0.2) is 16.8 Å². The van der Waals surface area contributed by atoms with Crippen LogP contribution in [0.2, 0.25) is 0 Å². The highest BCUT2D eigenvalue weighted by Crippen LogP contribution is 2.49. The average Bonchev–Trinajstić information content (AvgIpc) is 2.66. The van der Waals surface area contributed by atoms with Crippen molar-refractivity contribution in [2.75, 3.05) is 12.8 Å². The van der Waals surface area contributed by atoms with Crippen molar-refractivity contribution in [3.63, 3.8) is 0 Å². The molecule has 0 fully saturated rings. The van der Waals surface area contributed by atoms with Crippen LogP contribution in [0.5, 0.6) is 5.75 Å². The van der Waals surface area contributed by atoms with E-state index in [1.165, 1.54) is 18.6 Å². The Morgan fingerprint density at radius 3 is 2.64 bits per heavy atom. The summed E-state index contributed by atoms with van der Waals surface area (Å²) in [7, 11) is -3.24. The first-order chi connectivity index (χ1) is 13.5. The van der Waals surface area contributed by atoms with Crippen molar-refractivity contribution in [2.45, 2.75) is 46.0 Å². The van der Waals surface area contributed by atoms with Crippen LogP contribution in [0, 0.1) is 0 Å². The Balaban J connectivity index is 1.80. The normalized spacial score (nSPS) is 13.6. The molecule has 1 aliphatic carbocycles. The van der Waals surface area contributed by atoms with Crippen LogP contribution in [0.1, 0.15) is 46.0 Å². The number of hydrogen-bond acceptors (Lipinski definition) is 6. The van der Waals surface area contributed by atoms with Gasteiger partial charge in [0, 0.05) is 12.1 Å². The van der Waals surface area contributed by atoms with E-state index in [2.05, 4.69) is 11.9 Å². The fourth-order valence-electron chi connectivity index (χ4n) is 3.05. The minimum Gasteiger partial charge on any atom is -0.453 e. The number of rotatable bonds is 10. The van der Waals surface area contributed by atoms with Crippen LogP contribution in [0.15, 0.2) is 45.6 Å². The molecule has 6 nitrogen and oxygen atoms in total. The third-order valence-electron chi connectivity index (χ3n) is 4.43. The molecule has 0 saturated heterocycles. The summed E-state index contributed by atoms with van der Waals surface area (Å²) in [6, 6.07) is 9.58. The molecule has 1 unspecified atom stereocenters. The Kier molecular flexibility index (Phi) is 6.87. The van der Waals surface area contributed by atoms with E-state index in [0.29, 0.717) is 41.1 Å². The summed E-state index contributed by atoms with van der Waals surface area (Å²) < 4.78 is 30.1. The first-order valence-electron chi connectivity index (χ1n) is 9.81. The van der Waals surface area contributed by atoms with Crippen molar-refractivity contribution in [1.29, 1.82) is 0 Å². The van der Waals surface area contributed by atoms with Crippen molar-refractivity contribution >= 4 is 18.7 Å². The minimum atomic E-state index is -3.24. The van der Waals surface area contributed by atoms with E-state index in [0.717, 1.165) is 25.7 Å². The van der Waals surface area contributed by atoms with E-state index in [9.17, 15) is 9.36 Å². The zero-order chi connectivity index (χ0) is 20.0. The molecule has 3 rings (SSSR count). The Bertz CT molecular complexity index is 1000. The lowest BCUT2D eigenvalue weighted by molar-refractivity contribution is 0.278. The van der Waals surface area contributed by atoms with Gasteiger partial charge in [0.25, 0.3) is 0 Å². The van der Waals surface area contributed by atoms with E-state index < -0.39 is 7.60 Å². The second-order valence-electron chi connectivity index (χ2n) is 6.73. The lowest BCUT2D eigenvalue weighted by atomic mass is 10.2. The van der Waals surface area contributed by atoms with Gasteiger partial charge >= 0.3 is 7.60 Å². The van der Waals surface area contributed by atoms with Gasteiger partial charge in [-0.05, 0) is 37.6 Å².